The fourth-order valence-electron chi connectivity index (χ4n) is 1.96. The predicted molar refractivity (Wildman–Crippen MR) is 83.9 cm³/mol. The summed E-state index contributed by atoms with van der Waals surface area (Å²) >= 11 is 11.8. The van der Waals surface area contributed by atoms with Crippen molar-refractivity contribution in [1.82, 2.24) is 0 Å². The summed E-state index contributed by atoms with van der Waals surface area (Å²) in [7, 11) is 0. The molecule has 0 aliphatic carbocycles. The van der Waals surface area contributed by atoms with Gasteiger partial charge in [-0.2, -0.15) is 0 Å². The van der Waals surface area contributed by atoms with Crippen LogP contribution in [0.2, 0.25) is 10.0 Å². The summed E-state index contributed by atoms with van der Waals surface area (Å²) in [4.78, 5) is 24.0. The Hall–Kier alpha value is -2.37. The van der Waals surface area contributed by atoms with E-state index in [1.807, 2.05) is 0 Å². The van der Waals surface area contributed by atoms with Crippen molar-refractivity contribution in [3.63, 3.8) is 0 Å². The first-order valence-electron chi connectivity index (χ1n) is 6.35. The maximum atomic E-state index is 12.8. The molecule has 7 heteroatoms. The van der Waals surface area contributed by atoms with Gasteiger partial charge >= 0.3 is 11.6 Å². The lowest BCUT2D eigenvalue weighted by Crippen LogP contribution is -2.18. The van der Waals surface area contributed by atoms with Gasteiger partial charge in [-0.1, -0.05) is 23.2 Å². The van der Waals surface area contributed by atoms with Gasteiger partial charge in [-0.05, 0) is 42.5 Å². The van der Waals surface area contributed by atoms with Crippen LogP contribution in [-0.4, -0.2) is 5.97 Å². The monoisotopic (exact) mass is 352 g/mol. The molecule has 0 unspecified atom stereocenters. The van der Waals surface area contributed by atoms with Crippen LogP contribution in [0.3, 0.4) is 0 Å². The van der Waals surface area contributed by atoms with E-state index in [4.69, 9.17) is 32.4 Å². The van der Waals surface area contributed by atoms with E-state index < -0.39 is 17.4 Å². The summed E-state index contributed by atoms with van der Waals surface area (Å²) in [6.45, 7) is 0. The summed E-state index contributed by atoms with van der Waals surface area (Å²) in [5.74, 6) is -1.30. The quantitative estimate of drug-likeness (QED) is 0.388. The summed E-state index contributed by atoms with van der Waals surface area (Å²) in [5.41, 5.74) is -1.09. The van der Waals surface area contributed by atoms with Gasteiger partial charge in [-0.3, -0.25) is 0 Å². The molecule has 3 rings (SSSR count). The van der Waals surface area contributed by atoms with E-state index in [0.717, 1.165) is 12.1 Å². The van der Waals surface area contributed by atoms with Crippen LogP contribution in [0.25, 0.3) is 11.0 Å². The maximum Gasteiger partial charge on any atom is 0.351 e. The smallest absolute Gasteiger partial charge is 0.351 e. The molecular weight excluding hydrogens is 346 g/mol. The van der Waals surface area contributed by atoms with E-state index in [1.165, 1.54) is 30.3 Å². The van der Waals surface area contributed by atoms with Gasteiger partial charge in [-0.15, -0.1) is 0 Å². The molecule has 0 spiro atoms. The van der Waals surface area contributed by atoms with E-state index in [-0.39, 0.29) is 21.9 Å². The van der Waals surface area contributed by atoms with E-state index in [9.17, 15) is 14.0 Å². The van der Waals surface area contributed by atoms with E-state index in [1.54, 1.807) is 0 Å². The molecule has 1 aromatic heterocycles. The molecule has 0 bridgehead atoms. The van der Waals surface area contributed by atoms with Gasteiger partial charge in [0.15, 0.2) is 5.58 Å². The lowest BCUT2D eigenvalue weighted by atomic mass is 10.2. The van der Waals surface area contributed by atoms with Crippen LogP contribution in [0.15, 0.2) is 51.7 Å². The Labute approximate surface area is 139 Å². The minimum atomic E-state index is -0.927. The molecule has 0 amide bonds. The number of rotatable bonds is 2. The molecule has 0 N–H and O–H groups in total. The zero-order valence-corrected chi connectivity index (χ0v) is 12.8. The topological polar surface area (TPSA) is 56.5 Å². The minimum Gasteiger partial charge on any atom is -0.423 e. The highest BCUT2D eigenvalue weighted by atomic mass is 35.5. The van der Waals surface area contributed by atoms with Crippen molar-refractivity contribution in [2.75, 3.05) is 0 Å². The highest BCUT2D eigenvalue weighted by Gasteiger charge is 2.17. The first kappa shape index (κ1) is 15.5. The third kappa shape index (κ3) is 3.21. The standard InChI is InChI=1S/C16H7Cl2FO4/c17-9-5-8-6-12(16(21)23-14(8)13(18)7-9)15(20)22-11-3-1-10(19)2-4-11/h1-7H. The fourth-order valence-corrected chi connectivity index (χ4v) is 2.51. The van der Waals surface area contributed by atoms with Crippen LogP contribution < -0.4 is 10.4 Å². The van der Waals surface area contributed by atoms with E-state index >= 15 is 0 Å². The molecule has 4 nitrogen and oxygen atoms in total. The molecule has 0 atom stereocenters. The van der Waals surface area contributed by atoms with Gasteiger partial charge < -0.3 is 9.15 Å². The van der Waals surface area contributed by atoms with E-state index in [0.29, 0.717) is 10.4 Å². The lowest BCUT2D eigenvalue weighted by Gasteiger charge is -2.05. The van der Waals surface area contributed by atoms with Crippen molar-refractivity contribution in [3.8, 4) is 5.75 Å². The van der Waals surface area contributed by atoms with Crippen LogP contribution in [0.5, 0.6) is 5.75 Å². The Balaban J connectivity index is 2.01. The average Bonchev–Trinajstić information content (AvgIpc) is 2.50. The molecule has 0 saturated carbocycles. The molecule has 0 radical (unpaired) electrons. The molecule has 0 saturated heterocycles. The second-order valence-corrected chi connectivity index (χ2v) is 5.44. The van der Waals surface area contributed by atoms with Crippen LogP contribution in [0.4, 0.5) is 4.39 Å². The number of esters is 1. The van der Waals surface area contributed by atoms with Crippen molar-refractivity contribution < 1.29 is 18.3 Å². The summed E-state index contributed by atoms with van der Waals surface area (Å²) in [5, 5.41) is 0.866. The summed E-state index contributed by atoms with van der Waals surface area (Å²) in [6, 6.07) is 9.00. The first-order chi connectivity index (χ1) is 10.9. The largest absolute Gasteiger partial charge is 0.423 e. The summed E-state index contributed by atoms with van der Waals surface area (Å²) < 4.78 is 22.9. The number of hydrogen-bond acceptors (Lipinski definition) is 4. The molecule has 2 aromatic carbocycles. The second kappa shape index (κ2) is 6.02. The SMILES string of the molecule is O=C(Oc1ccc(F)cc1)c1cc2cc(Cl)cc(Cl)c2oc1=O. The molecule has 0 aliphatic heterocycles. The Kier molecular flexibility index (Phi) is 4.07. The van der Waals surface area contributed by atoms with Gasteiger partial charge in [0.2, 0.25) is 0 Å². The zero-order valence-electron chi connectivity index (χ0n) is 11.3. The molecule has 3 aromatic rings. The number of halogens is 3. The van der Waals surface area contributed by atoms with Gasteiger partial charge in [0.25, 0.3) is 0 Å². The number of ether oxygens (including phenoxy) is 1. The van der Waals surface area contributed by atoms with Crippen LogP contribution in [-0.2, 0) is 0 Å². The van der Waals surface area contributed by atoms with Crippen LogP contribution in [0, 0.1) is 5.82 Å². The maximum absolute atomic E-state index is 12.8. The van der Waals surface area contributed by atoms with Gasteiger partial charge in [-0.25, -0.2) is 14.0 Å². The predicted octanol–water partition coefficient (Wildman–Crippen LogP) is 4.46. The first-order valence-corrected chi connectivity index (χ1v) is 7.10. The normalized spacial score (nSPS) is 10.7. The Morgan fingerprint density at radius 2 is 1.78 bits per heavy atom. The van der Waals surface area contributed by atoms with Crippen LogP contribution >= 0.6 is 23.2 Å². The Morgan fingerprint density at radius 1 is 1.09 bits per heavy atom. The Bertz CT molecular complexity index is 964. The van der Waals surface area contributed by atoms with Crippen LogP contribution in [0.1, 0.15) is 10.4 Å². The van der Waals surface area contributed by atoms with Gasteiger partial charge in [0, 0.05) is 10.4 Å². The number of benzene rings is 2. The van der Waals surface area contributed by atoms with Crippen molar-refractivity contribution in [1.29, 1.82) is 0 Å². The molecule has 23 heavy (non-hydrogen) atoms. The number of fused-ring (bicyclic) bond motifs is 1. The molecule has 0 fully saturated rings. The average molecular weight is 353 g/mol. The zero-order chi connectivity index (χ0) is 16.6. The van der Waals surface area contributed by atoms with Gasteiger partial charge in [0.1, 0.15) is 17.1 Å². The molecular formula is C16H7Cl2FO4. The van der Waals surface area contributed by atoms with Crippen molar-refractivity contribution in [3.05, 3.63) is 74.3 Å². The molecule has 1 heterocycles. The van der Waals surface area contributed by atoms with Crippen molar-refractivity contribution in [2.24, 2.45) is 0 Å². The Morgan fingerprint density at radius 3 is 2.48 bits per heavy atom. The molecule has 0 aliphatic rings. The summed E-state index contributed by atoms with van der Waals surface area (Å²) in [6.07, 6.45) is 0. The fraction of sp³-hybridized carbons (Fsp3) is 0. The number of carbonyl (C=O) groups is 1. The third-order valence-corrected chi connectivity index (χ3v) is 3.49. The van der Waals surface area contributed by atoms with Crippen molar-refractivity contribution in [2.45, 2.75) is 0 Å². The number of hydrogen-bond donors (Lipinski definition) is 0. The van der Waals surface area contributed by atoms with Gasteiger partial charge in [0.05, 0.1) is 5.02 Å². The minimum absolute atomic E-state index is 0.0972. The van der Waals surface area contributed by atoms with E-state index in [2.05, 4.69) is 0 Å². The highest BCUT2D eigenvalue weighted by molar-refractivity contribution is 6.38. The van der Waals surface area contributed by atoms with Crippen molar-refractivity contribution >= 4 is 40.1 Å². The lowest BCUT2D eigenvalue weighted by molar-refractivity contribution is 0.0730. The second-order valence-electron chi connectivity index (χ2n) is 4.60. The number of carbonyl (C=O) groups excluding carboxylic acids is 1. The highest BCUT2D eigenvalue weighted by Crippen LogP contribution is 2.27. The molecule has 116 valence electrons. The third-order valence-electron chi connectivity index (χ3n) is 3.00.